The number of fused-ring (bicyclic) bond motifs is 8. The van der Waals surface area contributed by atoms with Gasteiger partial charge in [-0.15, -0.1) is 0 Å². The molecule has 1 aliphatic rings. The molecule has 11 heteroatoms. The van der Waals surface area contributed by atoms with E-state index in [4.69, 9.17) is 15.0 Å². The van der Waals surface area contributed by atoms with Crippen LogP contribution in [0.3, 0.4) is 0 Å². The average molecular weight is 524 g/mol. The number of rotatable bonds is 1. The summed E-state index contributed by atoms with van der Waals surface area (Å²) in [5.74, 6) is 3.51. The minimum atomic E-state index is -4.49. The van der Waals surface area contributed by atoms with E-state index in [0.717, 1.165) is 0 Å². The first-order valence-electron chi connectivity index (χ1n) is 11.4. The first kappa shape index (κ1) is 24.7. The summed E-state index contributed by atoms with van der Waals surface area (Å²) in [6.07, 6.45) is 0. The minimum absolute atomic E-state index is 0.0556. The zero-order valence-electron chi connectivity index (χ0n) is 20.6. The Bertz CT molecular complexity index is 1350. The number of benzene rings is 1. The van der Waals surface area contributed by atoms with E-state index in [1.807, 2.05) is 66.4 Å². The van der Waals surface area contributed by atoms with Crippen molar-refractivity contribution in [3.05, 3.63) is 72.8 Å². The molecule has 3 aromatic heterocycles. The largest absolute Gasteiger partial charge is 0.446 e. The van der Waals surface area contributed by atoms with Crippen molar-refractivity contribution in [3.8, 4) is 0 Å². The molecule has 0 radical (unpaired) electrons. The SMILES string of the molecule is CN1c2cccc(n2)N(C)c2cccc(n2)N(C)c2cccc(c2SC(F)(F)F)N(C)c2cccc1n2. The van der Waals surface area contributed by atoms with Gasteiger partial charge in [0.2, 0.25) is 0 Å². The summed E-state index contributed by atoms with van der Waals surface area (Å²) in [4.78, 5) is 21.4. The van der Waals surface area contributed by atoms with Crippen molar-refractivity contribution in [2.45, 2.75) is 10.4 Å². The van der Waals surface area contributed by atoms with Crippen LogP contribution >= 0.6 is 11.8 Å². The molecular formula is C26H24F3N7S. The van der Waals surface area contributed by atoms with Gasteiger partial charge in [-0.05, 0) is 60.3 Å². The second-order valence-electron chi connectivity index (χ2n) is 8.47. The van der Waals surface area contributed by atoms with Crippen molar-refractivity contribution in [2.24, 2.45) is 0 Å². The Morgan fingerprint density at radius 2 is 0.811 bits per heavy atom. The van der Waals surface area contributed by atoms with Gasteiger partial charge in [0.05, 0.1) is 16.3 Å². The molecule has 190 valence electrons. The minimum Gasteiger partial charge on any atom is -0.328 e. The maximum absolute atomic E-state index is 13.8. The second kappa shape index (κ2) is 9.47. The Hall–Kier alpha value is -3.99. The lowest BCUT2D eigenvalue weighted by Gasteiger charge is -2.29. The summed E-state index contributed by atoms with van der Waals surface area (Å²) < 4.78 is 41.4. The Kier molecular flexibility index (Phi) is 6.32. The third-order valence-corrected chi connectivity index (χ3v) is 6.99. The molecule has 0 spiro atoms. The van der Waals surface area contributed by atoms with E-state index in [-0.39, 0.29) is 16.7 Å². The number of pyridine rings is 3. The highest BCUT2D eigenvalue weighted by Crippen LogP contribution is 2.48. The fourth-order valence-electron chi connectivity index (χ4n) is 4.10. The molecule has 0 atom stereocenters. The molecule has 0 fully saturated rings. The van der Waals surface area contributed by atoms with Crippen LogP contribution in [0.1, 0.15) is 0 Å². The zero-order valence-corrected chi connectivity index (χ0v) is 21.4. The summed E-state index contributed by atoms with van der Waals surface area (Å²) in [5, 5.41) is 0. The Balaban J connectivity index is 1.77. The third kappa shape index (κ3) is 4.86. The summed E-state index contributed by atoms with van der Waals surface area (Å²) in [6, 6.07) is 21.6. The maximum atomic E-state index is 13.8. The van der Waals surface area contributed by atoms with Gasteiger partial charge in [-0.3, -0.25) is 0 Å². The normalized spacial score (nSPS) is 13.7. The number of hydrogen-bond acceptors (Lipinski definition) is 8. The molecule has 4 heterocycles. The van der Waals surface area contributed by atoms with Crippen LogP contribution in [0.5, 0.6) is 0 Å². The van der Waals surface area contributed by atoms with E-state index in [1.54, 1.807) is 54.2 Å². The lowest BCUT2D eigenvalue weighted by Crippen LogP contribution is -2.21. The van der Waals surface area contributed by atoms with Crippen LogP contribution in [-0.4, -0.2) is 48.7 Å². The van der Waals surface area contributed by atoms with Crippen LogP contribution in [-0.2, 0) is 0 Å². The maximum Gasteiger partial charge on any atom is 0.446 e. The van der Waals surface area contributed by atoms with Crippen molar-refractivity contribution in [1.82, 2.24) is 15.0 Å². The van der Waals surface area contributed by atoms with Crippen LogP contribution in [0.2, 0.25) is 0 Å². The van der Waals surface area contributed by atoms with Crippen LogP contribution in [0.4, 0.5) is 59.5 Å². The predicted octanol–water partition coefficient (Wildman–Crippen LogP) is 6.87. The van der Waals surface area contributed by atoms with Crippen molar-refractivity contribution in [1.29, 1.82) is 0 Å². The Labute approximate surface area is 217 Å². The van der Waals surface area contributed by atoms with Gasteiger partial charge >= 0.3 is 5.51 Å². The zero-order chi connectivity index (χ0) is 26.3. The summed E-state index contributed by atoms with van der Waals surface area (Å²) in [7, 11) is 7.12. The first-order chi connectivity index (χ1) is 17.6. The van der Waals surface area contributed by atoms with E-state index >= 15 is 0 Å². The molecule has 1 aliphatic heterocycles. The summed E-state index contributed by atoms with van der Waals surface area (Å²) in [6.45, 7) is 0. The van der Waals surface area contributed by atoms with Crippen molar-refractivity contribution >= 4 is 58.0 Å². The van der Waals surface area contributed by atoms with Crippen LogP contribution in [0.15, 0.2) is 77.7 Å². The van der Waals surface area contributed by atoms with Gasteiger partial charge in [0, 0.05) is 28.2 Å². The predicted molar refractivity (Wildman–Crippen MR) is 143 cm³/mol. The fourth-order valence-corrected chi connectivity index (χ4v) is 4.95. The van der Waals surface area contributed by atoms with E-state index in [9.17, 15) is 13.2 Å². The molecule has 37 heavy (non-hydrogen) atoms. The number of alkyl halides is 3. The van der Waals surface area contributed by atoms with Gasteiger partial charge in [-0.2, -0.15) is 13.2 Å². The summed E-state index contributed by atoms with van der Waals surface area (Å²) >= 11 is -0.147. The number of hydrogen-bond donors (Lipinski definition) is 0. The molecule has 0 unspecified atom stereocenters. The topological polar surface area (TPSA) is 51.6 Å². The molecule has 0 N–H and O–H groups in total. The summed E-state index contributed by atoms with van der Waals surface area (Å²) in [5.41, 5.74) is -3.74. The number of halogens is 3. The molecule has 4 aromatic rings. The Morgan fingerprint density at radius 3 is 1.14 bits per heavy atom. The number of nitrogens with zero attached hydrogens (tertiary/aromatic N) is 7. The van der Waals surface area contributed by atoms with Crippen molar-refractivity contribution in [3.63, 3.8) is 0 Å². The van der Waals surface area contributed by atoms with Crippen molar-refractivity contribution < 1.29 is 13.2 Å². The highest BCUT2D eigenvalue weighted by Gasteiger charge is 2.34. The van der Waals surface area contributed by atoms with E-state index in [1.165, 1.54) is 0 Å². The molecule has 7 nitrogen and oxygen atoms in total. The van der Waals surface area contributed by atoms with Crippen LogP contribution < -0.4 is 19.6 Å². The molecule has 0 saturated heterocycles. The molecule has 0 amide bonds. The first-order valence-corrected chi connectivity index (χ1v) is 12.2. The monoisotopic (exact) mass is 523 g/mol. The quantitative estimate of drug-likeness (QED) is 0.251. The van der Waals surface area contributed by atoms with Gasteiger partial charge in [0.1, 0.15) is 34.9 Å². The van der Waals surface area contributed by atoms with E-state index < -0.39 is 5.51 Å². The van der Waals surface area contributed by atoms with Gasteiger partial charge < -0.3 is 19.6 Å². The van der Waals surface area contributed by atoms with Gasteiger partial charge in [-0.25, -0.2) is 15.0 Å². The highest BCUT2D eigenvalue weighted by atomic mass is 32.2. The van der Waals surface area contributed by atoms with Crippen LogP contribution in [0, 0.1) is 0 Å². The standard InChI is InChI=1S/C26H24F3N7S/c1-33-17-9-5-10-18(25(17)37-26(27,28)29)34(2)20-12-7-14-22(31-20)36(4)24-16-8-15-23(32-24)35(3)21-13-6-11-19(33)30-21/h5-16H,1-4H3. The molecule has 0 aliphatic carbocycles. The van der Waals surface area contributed by atoms with Gasteiger partial charge in [0.15, 0.2) is 0 Å². The average Bonchev–Trinajstić information content (AvgIpc) is 2.90. The van der Waals surface area contributed by atoms with Crippen molar-refractivity contribution in [2.75, 3.05) is 47.8 Å². The lowest BCUT2D eigenvalue weighted by atomic mass is 10.2. The van der Waals surface area contributed by atoms with Crippen LogP contribution in [0.25, 0.3) is 0 Å². The smallest absolute Gasteiger partial charge is 0.328 e. The third-order valence-electron chi connectivity index (χ3n) is 6.13. The molecule has 8 bridgehead atoms. The molecule has 5 rings (SSSR count). The highest BCUT2D eigenvalue weighted by molar-refractivity contribution is 8.00. The molecule has 0 saturated carbocycles. The van der Waals surface area contributed by atoms with Gasteiger partial charge in [-0.1, -0.05) is 24.3 Å². The fraction of sp³-hybridized carbons (Fsp3) is 0.192. The number of anilines is 8. The molecule has 1 aromatic carbocycles. The number of thioether (sulfide) groups is 1. The lowest BCUT2D eigenvalue weighted by molar-refractivity contribution is -0.0327. The van der Waals surface area contributed by atoms with E-state index in [2.05, 4.69) is 0 Å². The number of aromatic nitrogens is 3. The van der Waals surface area contributed by atoms with Gasteiger partial charge in [0.25, 0.3) is 0 Å². The second-order valence-corrected chi connectivity index (χ2v) is 9.55. The molecular weight excluding hydrogens is 499 g/mol. The van der Waals surface area contributed by atoms with E-state index in [0.29, 0.717) is 46.3 Å². The Morgan fingerprint density at radius 1 is 0.514 bits per heavy atom.